The van der Waals surface area contributed by atoms with Crippen molar-refractivity contribution in [1.29, 1.82) is 0 Å². The number of carbonyl (C=O) groups excluding carboxylic acids is 1. The fraction of sp³-hybridized carbons (Fsp3) is 0.118. The molecule has 1 N–H and O–H groups in total. The lowest BCUT2D eigenvalue weighted by molar-refractivity contribution is 0.102. The molecule has 0 aliphatic heterocycles. The summed E-state index contributed by atoms with van der Waals surface area (Å²) in [4.78, 5) is 16.3. The number of rotatable bonds is 5. The van der Waals surface area contributed by atoms with Crippen LogP contribution in [0.3, 0.4) is 0 Å². The Labute approximate surface area is 171 Å². The van der Waals surface area contributed by atoms with E-state index >= 15 is 0 Å². The fourth-order valence-electron chi connectivity index (χ4n) is 2.33. The molecule has 3 aromatic rings. The highest BCUT2D eigenvalue weighted by molar-refractivity contribution is 7.89. The van der Waals surface area contributed by atoms with Gasteiger partial charge in [-0.3, -0.25) is 4.79 Å². The highest BCUT2D eigenvalue weighted by Gasteiger charge is 2.24. The smallest absolute Gasteiger partial charge is 0.257 e. The molecule has 3 rings (SSSR count). The lowest BCUT2D eigenvalue weighted by atomic mass is 10.2. The highest BCUT2D eigenvalue weighted by Crippen LogP contribution is 2.30. The maximum Gasteiger partial charge on any atom is 0.257 e. The van der Waals surface area contributed by atoms with Gasteiger partial charge in [0, 0.05) is 19.8 Å². The van der Waals surface area contributed by atoms with Crippen LogP contribution in [-0.4, -0.2) is 47.5 Å². The van der Waals surface area contributed by atoms with Gasteiger partial charge in [-0.2, -0.15) is 5.10 Å². The molecular weight excluding hydrogens is 425 g/mol. The zero-order valence-corrected chi connectivity index (χ0v) is 17.1. The molecule has 0 aliphatic carbocycles. The standard InChI is InChI=1S/C17H15Cl2N5O3S/c1-23(2)28(26,27)16-7-13(14(18)8-15(16)19)17(25)22-11-3-5-12(6-4-11)24-10-20-9-21-24/h3-10H,1-2H3,(H,22,25). The van der Waals surface area contributed by atoms with E-state index in [0.717, 1.165) is 9.99 Å². The van der Waals surface area contributed by atoms with Gasteiger partial charge in [0.05, 0.1) is 21.3 Å². The molecule has 11 heteroatoms. The molecule has 146 valence electrons. The Morgan fingerprint density at radius 3 is 2.36 bits per heavy atom. The molecule has 1 aromatic heterocycles. The summed E-state index contributed by atoms with van der Waals surface area (Å²) in [5, 5.41) is 6.68. The molecule has 0 aliphatic rings. The van der Waals surface area contributed by atoms with Crippen molar-refractivity contribution in [2.45, 2.75) is 4.90 Å². The minimum Gasteiger partial charge on any atom is -0.322 e. The molecule has 0 spiro atoms. The first-order valence-electron chi connectivity index (χ1n) is 7.88. The van der Waals surface area contributed by atoms with Gasteiger partial charge < -0.3 is 5.32 Å². The van der Waals surface area contributed by atoms with Crippen LogP contribution in [-0.2, 0) is 10.0 Å². The molecule has 8 nitrogen and oxygen atoms in total. The van der Waals surface area contributed by atoms with Crippen LogP contribution in [0.15, 0.2) is 53.9 Å². The van der Waals surface area contributed by atoms with Crippen molar-refractivity contribution in [3.63, 3.8) is 0 Å². The fourth-order valence-corrected chi connectivity index (χ4v) is 4.06. The predicted molar refractivity (Wildman–Crippen MR) is 107 cm³/mol. The van der Waals surface area contributed by atoms with E-state index in [9.17, 15) is 13.2 Å². The second-order valence-electron chi connectivity index (χ2n) is 5.89. The Balaban J connectivity index is 1.88. The van der Waals surface area contributed by atoms with Gasteiger partial charge in [-0.15, -0.1) is 0 Å². The van der Waals surface area contributed by atoms with E-state index in [2.05, 4.69) is 15.4 Å². The summed E-state index contributed by atoms with van der Waals surface area (Å²) in [6, 6.07) is 9.25. The number of nitrogens with zero attached hydrogens (tertiary/aromatic N) is 4. The Morgan fingerprint density at radius 1 is 1.11 bits per heavy atom. The summed E-state index contributed by atoms with van der Waals surface area (Å²) >= 11 is 12.1. The van der Waals surface area contributed by atoms with Crippen molar-refractivity contribution in [3.05, 3.63) is 64.7 Å². The van der Waals surface area contributed by atoms with Gasteiger partial charge in [0.1, 0.15) is 17.6 Å². The lowest BCUT2D eigenvalue weighted by Gasteiger charge is -2.15. The molecule has 0 bridgehead atoms. The van der Waals surface area contributed by atoms with E-state index in [1.165, 1.54) is 32.6 Å². The average molecular weight is 440 g/mol. The summed E-state index contributed by atoms with van der Waals surface area (Å²) in [7, 11) is -1.09. The molecule has 0 unspecified atom stereocenters. The number of hydrogen-bond donors (Lipinski definition) is 1. The van der Waals surface area contributed by atoms with E-state index < -0.39 is 15.9 Å². The lowest BCUT2D eigenvalue weighted by Crippen LogP contribution is -2.23. The number of amides is 1. The van der Waals surface area contributed by atoms with Crippen LogP contribution in [0.1, 0.15) is 10.4 Å². The Morgan fingerprint density at radius 2 is 1.79 bits per heavy atom. The quantitative estimate of drug-likeness (QED) is 0.658. The molecule has 28 heavy (non-hydrogen) atoms. The third-order valence-corrected chi connectivity index (χ3v) is 6.43. The summed E-state index contributed by atoms with van der Waals surface area (Å²) in [5.74, 6) is -0.564. The first-order valence-corrected chi connectivity index (χ1v) is 10.1. The molecule has 0 fully saturated rings. The van der Waals surface area contributed by atoms with Crippen molar-refractivity contribution < 1.29 is 13.2 Å². The zero-order chi connectivity index (χ0) is 20.5. The van der Waals surface area contributed by atoms with Gasteiger partial charge in [-0.1, -0.05) is 23.2 Å². The largest absolute Gasteiger partial charge is 0.322 e. The molecule has 1 heterocycles. The number of sulfonamides is 1. The van der Waals surface area contributed by atoms with E-state index in [1.54, 1.807) is 35.3 Å². The molecule has 2 aromatic carbocycles. The van der Waals surface area contributed by atoms with Gasteiger partial charge >= 0.3 is 0 Å². The van der Waals surface area contributed by atoms with Crippen molar-refractivity contribution in [3.8, 4) is 5.69 Å². The van der Waals surface area contributed by atoms with Crippen LogP contribution < -0.4 is 5.32 Å². The second kappa shape index (κ2) is 7.88. The summed E-state index contributed by atoms with van der Waals surface area (Å²) in [6.07, 6.45) is 2.96. The summed E-state index contributed by atoms with van der Waals surface area (Å²) in [5.41, 5.74) is 1.25. The minimum absolute atomic E-state index is 0.00755. The topological polar surface area (TPSA) is 97.2 Å². The highest BCUT2D eigenvalue weighted by atomic mass is 35.5. The monoisotopic (exact) mass is 439 g/mol. The Bertz CT molecular complexity index is 1110. The molecule has 0 saturated carbocycles. The Hall–Kier alpha value is -2.46. The van der Waals surface area contributed by atoms with Gasteiger partial charge in [0.25, 0.3) is 5.91 Å². The van der Waals surface area contributed by atoms with Gasteiger partial charge in [0.2, 0.25) is 10.0 Å². The van der Waals surface area contributed by atoms with E-state index in [4.69, 9.17) is 23.2 Å². The normalized spacial score (nSPS) is 11.6. The van der Waals surface area contributed by atoms with Crippen LogP contribution in [0, 0.1) is 0 Å². The van der Waals surface area contributed by atoms with Crippen molar-refractivity contribution >= 4 is 44.8 Å². The summed E-state index contributed by atoms with van der Waals surface area (Å²) < 4.78 is 27.4. The average Bonchev–Trinajstić information content (AvgIpc) is 3.16. The second-order valence-corrected chi connectivity index (χ2v) is 8.83. The molecule has 0 saturated heterocycles. The molecule has 1 amide bonds. The number of hydrogen-bond acceptors (Lipinski definition) is 5. The first kappa shape index (κ1) is 20.3. The van der Waals surface area contributed by atoms with Crippen molar-refractivity contribution in [2.24, 2.45) is 0 Å². The number of anilines is 1. The molecular formula is C17H15Cl2N5O3S. The van der Waals surface area contributed by atoms with Crippen molar-refractivity contribution in [1.82, 2.24) is 19.1 Å². The zero-order valence-electron chi connectivity index (χ0n) is 14.8. The minimum atomic E-state index is -3.84. The first-order chi connectivity index (χ1) is 13.2. The summed E-state index contributed by atoms with van der Waals surface area (Å²) in [6.45, 7) is 0. The van der Waals surface area contributed by atoms with E-state index in [0.29, 0.717) is 5.69 Å². The van der Waals surface area contributed by atoms with Crippen LogP contribution in [0.4, 0.5) is 5.69 Å². The van der Waals surface area contributed by atoms with Gasteiger partial charge in [-0.05, 0) is 36.4 Å². The molecule has 0 radical (unpaired) electrons. The van der Waals surface area contributed by atoms with Crippen LogP contribution in [0.2, 0.25) is 10.0 Å². The number of aromatic nitrogens is 3. The number of carbonyl (C=O) groups is 1. The third-order valence-electron chi connectivity index (χ3n) is 3.83. The number of halogens is 2. The predicted octanol–water partition coefficient (Wildman–Crippen LogP) is 3.08. The van der Waals surface area contributed by atoms with Gasteiger partial charge in [0.15, 0.2) is 0 Å². The number of benzene rings is 2. The van der Waals surface area contributed by atoms with Crippen LogP contribution in [0.5, 0.6) is 0 Å². The van der Waals surface area contributed by atoms with Gasteiger partial charge in [-0.25, -0.2) is 22.4 Å². The van der Waals surface area contributed by atoms with Crippen molar-refractivity contribution in [2.75, 3.05) is 19.4 Å². The maximum atomic E-state index is 12.6. The SMILES string of the molecule is CN(C)S(=O)(=O)c1cc(C(=O)Nc2ccc(-n3cncn3)cc2)c(Cl)cc1Cl. The van der Waals surface area contributed by atoms with E-state index in [1.807, 2.05) is 0 Å². The molecule has 0 atom stereocenters. The van der Waals surface area contributed by atoms with Crippen LogP contribution in [0.25, 0.3) is 5.69 Å². The third kappa shape index (κ3) is 4.02. The Kier molecular flexibility index (Phi) is 5.71. The van der Waals surface area contributed by atoms with E-state index in [-0.39, 0.29) is 20.5 Å². The van der Waals surface area contributed by atoms with Crippen LogP contribution >= 0.6 is 23.2 Å². The number of nitrogens with one attached hydrogen (secondary N) is 1. The maximum absolute atomic E-state index is 12.6.